The van der Waals surface area contributed by atoms with E-state index in [-0.39, 0.29) is 9.65 Å². The maximum atomic E-state index is 5.92. The molecule has 0 aromatic heterocycles. The summed E-state index contributed by atoms with van der Waals surface area (Å²) in [5.74, 6) is 0.272. The molecule has 0 aliphatic rings. The molecule has 0 nitrogen and oxygen atoms in total. The Kier molecular flexibility index (Phi) is 4.66. The van der Waals surface area contributed by atoms with E-state index >= 15 is 0 Å². The van der Waals surface area contributed by atoms with Crippen LogP contribution in [0.25, 0.3) is 0 Å². The highest BCUT2D eigenvalue weighted by Crippen LogP contribution is 2.35. The van der Waals surface area contributed by atoms with Gasteiger partial charge in [0.05, 0.1) is 3.74 Å². The van der Waals surface area contributed by atoms with Crippen LogP contribution in [-0.4, -0.2) is 3.74 Å². The van der Waals surface area contributed by atoms with Gasteiger partial charge in [0, 0.05) is 10.9 Å². The fraction of sp³-hybridized carbons (Fsp3) is 0.143. The fourth-order valence-electron chi connectivity index (χ4n) is 1.81. The molecule has 2 rings (SSSR count). The average Bonchev–Trinajstić information content (AvgIpc) is 2.33. The lowest BCUT2D eigenvalue weighted by atomic mass is 9.93. The van der Waals surface area contributed by atoms with Crippen molar-refractivity contribution in [2.45, 2.75) is 9.65 Å². The van der Waals surface area contributed by atoms with Crippen LogP contribution in [0.2, 0.25) is 5.02 Å². The molecule has 0 aliphatic carbocycles. The normalized spacial score (nSPS) is 12.7. The van der Waals surface area contributed by atoms with Gasteiger partial charge >= 0.3 is 0 Å². The summed E-state index contributed by atoms with van der Waals surface area (Å²) in [6, 6.07) is 18.4. The topological polar surface area (TPSA) is 0 Å². The first-order valence-corrected chi connectivity index (χ1v) is 7.48. The van der Waals surface area contributed by atoms with Gasteiger partial charge in [-0.2, -0.15) is 0 Å². The third-order valence-electron chi connectivity index (χ3n) is 2.64. The molecule has 0 amide bonds. The predicted molar refractivity (Wildman–Crippen MR) is 81.4 cm³/mol. The summed E-state index contributed by atoms with van der Waals surface area (Å²) < 4.78 is 0.193. The van der Waals surface area contributed by atoms with E-state index in [0.717, 1.165) is 5.02 Å². The fourth-order valence-corrected chi connectivity index (χ4v) is 3.16. The highest BCUT2D eigenvalue weighted by molar-refractivity contribution is 9.24. The molecule has 3 heteroatoms. The van der Waals surface area contributed by atoms with E-state index in [4.69, 9.17) is 11.6 Å². The standard InChI is InChI=1S/C14H11Br2Cl/c15-14(16)13(10-4-2-1-3-5-10)11-6-8-12(17)9-7-11/h1-9,13-14H. The molecule has 0 aliphatic heterocycles. The van der Waals surface area contributed by atoms with Crippen LogP contribution in [-0.2, 0) is 0 Å². The molecule has 0 saturated carbocycles. The monoisotopic (exact) mass is 372 g/mol. The van der Waals surface area contributed by atoms with Crippen LogP contribution in [0.4, 0.5) is 0 Å². The Morgan fingerprint density at radius 3 is 1.82 bits per heavy atom. The Morgan fingerprint density at radius 1 is 0.765 bits per heavy atom. The third-order valence-corrected chi connectivity index (χ3v) is 3.95. The Hall–Kier alpha value is -0.310. The Balaban J connectivity index is 2.39. The van der Waals surface area contributed by atoms with Crippen LogP contribution in [0.1, 0.15) is 17.0 Å². The second kappa shape index (κ2) is 6.03. The maximum Gasteiger partial charge on any atom is 0.0806 e. The Labute approximate surface area is 123 Å². The van der Waals surface area contributed by atoms with Crippen LogP contribution in [0, 0.1) is 0 Å². The number of rotatable bonds is 3. The van der Waals surface area contributed by atoms with E-state index in [2.05, 4.69) is 68.3 Å². The average molecular weight is 375 g/mol. The summed E-state index contributed by atoms with van der Waals surface area (Å²) >= 11 is 13.2. The van der Waals surface area contributed by atoms with Crippen LogP contribution < -0.4 is 0 Å². The summed E-state index contributed by atoms with van der Waals surface area (Å²) in [6.45, 7) is 0. The second-order valence-electron chi connectivity index (χ2n) is 3.77. The number of halogens is 3. The highest BCUT2D eigenvalue weighted by Gasteiger charge is 2.20. The first kappa shape index (κ1) is 13.1. The number of hydrogen-bond donors (Lipinski definition) is 0. The van der Waals surface area contributed by atoms with Crippen molar-refractivity contribution in [3.8, 4) is 0 Å². The minimum Gasteiger partial charge on any atom is -0.0843 e. The van der Waals surface area contributed by atoms with Crippen LogP contribution in [0.5, 0.6) is 0 Å². The van der Waals surface area contributed by atoms with Crippen LogP contribution in [0.3, 0.4) is 0 Å². The molecule has 0 fully saturated rings. The molecule has 0 spiro atoms. The van der Waals surface area contributed by atoms with E-state index < -0.39 is 0 Å². The summed E-state index contributed by atoms with van der Waals surface area (Å²) in [4.78, 5) is 0. The molecule has 0 N–H and O–H groups in total. The largest absolute Gasteiger partial charge is 0.0843 e. The second-order valence-corrected chi connectivity index (χ2v) is 7.41. The molecular formula is C14H11Br2Cl. The van der Waals surface area contributed by atoms with Gasteiger partial charge in [0.2, 0.25) is 0 Å². The van der Waals surface area contributed by atoms with Crippen molar-refractivity contribution in [1.29, 1.82) is 0 Å². The van der Waals surface area contributed by atoms with Crippen molar-refractivity contribution in [2.24, 2.45) is 0 Å². The quantitative estimate of drug-likeness (QED) is 0.615. The molecule has 2 aromatic rings. The molecule has 0 saturated heterocycles. The number of hydrogen-bond acceptors (Lipinski definition) is 0. The van der Waals surface area contributed by atoms with Crippen LogP contribution in [0.15, 0.2) is 54.6 Å². The van der Waals surface area contributed by atoms with Gasteiger partial charge in [-0.1, -0.05) is 85.9 Å². The van der Waals surface area contributed by atoms with Crippen molar-refractivity contribution < 1.29 is 0 Å². The predicted octanol–water partition coefficient (Wildman–Crippen LogP) is 5.59. The van der Waals surface area contributed by atoms with Gasteiger partial charge in [-0.15, -0.1) is 0 Å². The zero-order valence-electron chi connectivity index (χ0n) is 8.98. The smallest absolute Gasteiger partial charge is 0.0806 e. The lowest BCUT2D eigenvalue weighted by Crippen LogP contribution is -2.08. The summed E-state index contributed by atoms with van der Waals surface area (Å²) in [5.41, 5.74) is 2.51. The van der Waals surface area contributed by atoms with Gasteiger partial charge in [-0.05, 0) is 23.3 Å². The van der Waals surface area contributed by atoms with E-state index in [1.807, 2.05) is 18.2 Å². The van der Waals surface area contributed by atoms with E-state index in [1.54, 1.807) is 0 Å². The number of benzene rings is 2. The van der Waals surface area contributed by atoms with Gasteiger partial charge in [0.1, 0.15) is 0 Å². The summed E-state index contributed by atoms with van der Waals surface area (Å²) in [5, 5.41) is 0.765. The summed E-state index contributed by atoms with van der Waals surface area (Å²) in [7, 11) is 0. The zero-order chi connectivity index (χ0) is 12.3. The van der Waals surface area contributed by atoms with Gasteiger partial charge in [-0.25, -0.2) is 0 Å². The molecule has 1 unspecified atom stereocenters. The molecule has 17 heavy (non-hydrogen) atoms. The molecule has 88 valence electrons. The minimum absolute atomic E-state index is 0.193. The minimum atomic E-state index is 0.193. The highest BCUT2D eigenvalue weighted by atomic mass is 79.9. The van der Waals surface area contributed by atoms with Crippen LogP contribution >= 0.6 is 43.5 Å². The Morgan fingerprint density at radius 2 is 1.29 bits per heavy atom. The Bertz CT molecular complexity index is 465. The summed E-state index contributed by atoms with van der Waals surface area (Å²) in [6.07, 6.45) is 0. The third kappa shape index (κ3) is 3.34. The molecular weight excluding hydrogens is 363 g/mol. The van der Waals surface area contributed by atoms with E-state index in [9.17, 15) is 0 Å². The van der Waals surface area contributed by atoms with Gasteiger partial charge in [0.15, 0.2) is 0 Å². The van der Waals surface area contributed by atoms with Gasteiger partial charge in [-0.3, -0.25) is 0 Å². The first-order chi connectivity index (χ1) is 8.18. The van der Waals surface area contributed by atoms with Crippen molar-refractivity contribution in [3.05, 3.63) is 70.7 Å². The number of alkyl halides is 2. The van der Waals surface area contributed by atoms with Crippen molar-refractivity contribution >= 4 is 43.5 Å². The zero-order valence-corrected chi connectivity index (χ0v) is 12.9. The van der Waals surface area contributed by atoms with E-state index in [1.165, 1.54) is 11.1 Å². The SMILES string of the molecule is Clc1ccc(C(c2ccccc2)C(Br)Br)cc1. The van der Waals surface area contributed by atoms with Crippen molar-refractivity contribution in [2.75, 3.05) is 0 Å². The molecule has 0 heterocycles. The molecule has 1 atom stereocenters. The first-order valence-electron chi connectivity index (χ1n) is 5.27. The lowest BCUT2D eigenvalue weighted by Gasteiger charge is -2.19. The molecule has 0 radical (unpaired) electrons. The van der Waals surface area contributed by atoms with E-state index in [0.29, 0.717) is 0 Å². The maximum absolute atomic E-state index is 5.92. The lowest BCUT2D eigenvalue weighted by molar-refractivity contribution is 0.918. The van der Waals surface area contributed by atoms with Crippen molar-refractivity contribution in [1.82, 2.24) is 0 Å². The molecule has 0 bridgehead atoms. The van der Waals surface area contributed by atoms with Crippen molar-refractivity contribution in [3.63, 3.8) is 0 Å². The van der Waals surface area contributed by atoms with Gasteiger partial charge < -0.3 is 0 Å². The van der Waals surface area contributed by atoms with Gasteiger partial charge in [0.25, 0.3) is 0 Å². The molecule has 2 aromatic carbocycles.